The van der Waals surface area contributed by atoms with Crippen molar-refractivity contribution in [2.24, 2.45) is 5.41 Å². The first-order chi connectivity index (χ1) is 9.17. The molecule has 1 amide bonds. The number of carbonyl (C=O) groups excluding carboxylic acids is 1. The Balaban J connectivity index is 1.87. The number of alkyl carbamates (subject to hydrolysis) is 1. The average Bonchev–Trinajstić information content (AvgIpc) is 2.37. The molecule has 0 aromatic carbocycles. The third-order valence-electron chi connectivity index (χ3n) is 4.18. The van der Waals surface area contributed by atoms with Crippen molar-refractivity contribution >= 4 is 12.1 Å². The number of ether oxygens (including phenoxy) is 2. The Bertz CT molecular complexity index is 388. The van der Waals surface area contributed by atoms with Crippen molar-refractivity contribution in [2.75, 3.05) is 13.2 Å². The first-order valence-corrected chi connectivity index (χ1v) is 7.01. The van der Waals surface area contributed by atoms with Crippen LogP contribution in [0.5, 0.6) is 0 Å². The van der Waals surface area contributed by atoms with E-state index >= 15 is 0 Å². The fourth-order valence-electron chi connectivity index (χ4n) is 2.81. The Morgan fingerprint density at radius 1 is 1.25 bits per heavy atom. The predicted octanol–water partition coefficient (Wildman–Crippen LogP) is 1.93. The SMILES string of the molecule is CC(C)(C)OC(=O)NCC12CCC(C(=O)O)(CC1)CO2. The molecule has 0 radical (unpaired) electrons. The molecule has 6 heteroatoms. The highest BCUT2D eigenvalue weighted by Crippen LogP contribution is 2.48. The first-order valence-electron chi connectivity index (χ1n) is 7.01. The summed E-state index contributed by atoms with van der Waals surface area (Å²) in [6, 6.07) is 0. The van der Waals surface area contributed by atoms with E-state index in [0.29, 0.717) is 32.2 Å². The van der Waals surface area contributed by atoms with Crippen LogP contribution in [0.3, 0.4) is 0 Å². The van der Waals surface area contributed by atoms with Gasteiger partial charge in [0.25, 0.3) is 0 Å². The minimum Gasteiger partial charge on any atom is -0.481 e. The van der Waals surface area contributed by atoms with Gasteiger partial charge < -0.3 is 19.9 Å². The molecule has 114 valence electrons. The van der Waals surface area contributed by atoms with Crippen molar-refractivity contribution in [3.05, 3.63) is 0 Å². The molecule has 2 heterocycles. The Kier molecular flexibility index (Phi) is 3.71. The van der Waals surface area contributed by atoms with Crippen LogP contribution < -0.4 is 5.32 Å². The van der Waals surface area contributed by atoms with Gasteiger partial charge in [-0.15, -0.1) is 0 Å². The highest BCUT2D eigenvalue weighted by molar-refractivity contribution is 5.75. The molecule has 0 unspecified atom stereocenters. The van der Waals surface area contributed by atoms with Crippen LogP contribution in [0.4, 0.5) is 4.79 Å². The van der Waals surface area contributed by atoms with Crippen LogP contribution in [0.25, 0.3) is 0 Å². The normalized spacial score (nSPS) is 32.8. The number of carbonyl (C=O) groups is 2. The third kappa shape index (κ3) is 3.06. The minimum atomic E-state index is -0.772. The molecule has 0 atom stereocenters. The summed E-state index contributed by atoms with van der Waals surface area (Å²) in [5.74, 6) is -0.772. The van der Waals surface area contributed by atoms with Crippen LogP contribution in [0.15, 0.2) is 0 Å². The van der Waals surface area contributed by atoms with E-state index in [4.69, 9.17) is 9.47 Å². The molecule has 2 saturated heterocycles. The lowest BCUT2D eigenvalue weighted by molar-refractivity contribution is -0.199. The quantitative estimate of drug-likeness (QED) is 0.827. The van der Waals surface area contributed by atoms with Gasteiger partial charge in [0.05, 0.1) is 17.6 Å². The van der Waals surface area contributed by atoms with Gasteiger partial charge in [0.1, 0.15) is 5.60 Å². The second-order valence-electron chi connectivity index (χ2n) is 6.91. The topological polar surface area (TPSA) is 84.9 Å². The van der Waals surface area contributed by atoms with Crippen molar-refractivity contribution in [3.63, 3.8) is 0 Å². The van der Waals surface area contributed by atoms with Crippen molar-refractivity contribution < 1.29 is 24.2 Å². The summed E-state index contributed by atoms with van der Waals surface area (Å²) in [7, 11) is 0. The van der Waals surface area contributed by atoms with Crippen molar-refractivity contribution in [1.29, 1.82) is 0 Å². The zero-order chi connectivity index (χ0) is 15.0. The number of aliphatic carboxylic acids is 1. The molecular formula is C14H23NO5. The number of hydrogen-bond donors (Lipinski definition) is 2. The van der Waals surface area contributed by atoms with Gasteiger partial charge in [0.15, 0.2) is 0 Å². The standard InChI is InChI=1S/C14H23NO5/c1-12(2,3)20-11(18)15-8-14-6-4-13(5-7-14,9-19-14)10(16)17/h4-9H2,1-3H3,(H,15,18)(H,16,17). The van der Waals surface area contributed by atoms with Crippen LogP contribution in [-0.4, -0.2) is 41.5 Å². The second kappa shape index (κ2) is 4.91. The van der Waals surface area contributed by atoms with Crippen molar-refractivity contribution in [1.82, 2.24) is 5.32 Å². The maximum absolute atomic E-state index is 11.7. The maximum Gasteiger partial charge on any atom is 0.407 e. The molecule has 1 saturated carbocycles. The smallest absolute Gasteiger partial charge is 0.407 e. The number of carboxylic acids is 1. The van der Waals surface area contributed by atoms with Gasteiger partial charge in [0.2, 0.25) is 0 Å². The summed E-state index contributed by atoms with van der Waals surface area (Å²) in [5, 5.41) is 12.0. The van der Waals surface area contributed by atoms with Crippen LogP contribution in [0.2, 0.25) is 0 Å². The van der Waals surface area contributed by atoms with E-state index in [1.807, 2.05) is 20.8 Å². The number of rotatable bonds is 3. The molecule has 0 aromatic rings. The van der Waals surface area contributed by atoms with E-state index in [1.54, 1.807) is 0 Å². The monoisotopic (exact) mass is 285 g/mol. The van der Waals surface area contributed by atoms with Crippen LogP contribution >= 0.6 is 0 Å². The van der Waals surface area contributed by atoms with Crippen molar-refractivity contribution in [2.45, 2.75) is 57.7 Å². The average molecular weight is 285 g/mol. The lowest BCUT2D eigenvalue weighted by atomic mass is 9.66. The fourth-order valence-corrected chi connectivity index (χ4v) is 2.81. The Hall–Kier alpha value is -1.30. The highest BCUT2D eigenvalue weighted by atomic mass is 16.6. The van der Waals surface area contributed by atoms with Gasteiger partial charge in [-0.3, -0.25) is 4.79 Å². The molecular weight excluding hydrogens is 262 g/mol. The largest absolute Gasteiger partial charge is 0.481 e. The highest BCUT2D eigenvalue weighted by Gasteiger charge is 2.53. The molecule has 2 N–H and O–H groups in total. The molecule has 0 spiro atoms. The number of hydrogen-bond acceptors (Lipinski definition) is 4. The number of nitrogens with one attached hydrogen (secondary N) is 1. The number of fused-ring (bicyclic) bond motifs is 3. The zero-order valence-electron chi connectivity index (χ0n) is 12.3. The van der Waals surface area contributed by atoms with Crippen molar-refractivity contribution in [3.8, 4) is 0 Å². The molecule has 2 aliphatic heterocycles. The van der Waals surface area contributed by atoms with Gasteiger partial charge in [-0.25, -0.2) is 4.79 Å². The van der Waals surface area contributed by atoms with Crippen LogP contribution in [-0.2, 0) is 14.3 Å². The van der Waals surface area contributed by atoms with Gasteiger partial charge in [0, 0.05) is 6.54 Å². The molecule has 6 nitrogen and oxygen atoms in total. The molecule has 3 rings (SSSR count). The lowest BCUT2D eigenvalue weighted by Gasteiger charge is -2.51. The van der Waals surface area contributed by atoms with Crippen LogP contribution in [0, 0.1) is 5.41 Å². The lowest BCUT2D eigenvalue weighted by Crippen LogP contribution is -2.58. The molecule has 3 aliphatic rings. The van der Waals surface area contributed by atoms with E-state index in [9.17, 15) is 14.7 Å². The predicted molar refractivity (Wildman–Crippen MR) is 71.5 cm³/mol. The molecule has 20 heavy (non-hydrogen) atoms. The van der Waals surface area contributed by atoms with Gasteiger partial charge in [-0.05, 0) is 46.5 Å². The summed E-state index contributed by atoms with van der Waals surface area (Å²) in [6.07, 6.45) is 2.08. The summed E-state index contributed by atoms with van der Waals surface area (Å²) in [5.41, 5.74) is -1.66. The van der Waals surface area contributed by atoms with E-state index in [2.05, 4.69) is 5.32 Å². The number of carboxylic acid groups (broad SMARTS) is 1. The molecule has 2 bridgehead atoms. The van der Waals surface area contributed by atoms with E-state index in [0.717, 1.165) is 0 Å². The third-order valence-corrected chi connectivity index (χ3v) is 4.18. The molecule has 1 aliphatic carbocycles. The molecule has 0 aromatic heterocycles. The second-order valence-corrected chi connectivity index (χ2v) is 6.91. The Labute approximate surface area is 118 Å². The molecule has 3 fully saturated rings. The van der Waals surface area contributed by atoms with Gasteiger partial charge in [-0.2, -0.15) is 0 Å². The fraction of sp³-hybridized carbons (Fsp3) is 0.857. The number of amides is 1. The van der Waals surface area contributed by atoms with E-state index in [1.165, 1.54) is 0 Å². The Morgan fingerprint density at radius 3 is 2.25 bits per heavy atom. The zero-order valence-corrected chi connectivity index (χ0v) is 12.3. The van der Waals surface area contributed by atoms with Crippen LogP contribution in [0.1, 0.15) is 46.5 Å². The maximum atomic E-state index is 11.7. The minimum absolute atomic E-state index is 0.234. The van der Waals surface area contributed by atoms with Gasteiger partial charge >= 0.3 is 12.1 Å². The summed E-state index contributed by atoms with van der Waals surface area (Å²) in [4.78, 5) is 22.9. The summed E-state index contributed by atoms with van der Waals surface area (Å²) >= 11 is 0. The summed E-state index contributed by atoms with van der Waals surface area (Å²) < 4.78 is 10.9. The van der Waals surface area contributed by atoms with E-state index in [-0.39, 0.29) is 6.61 Å². The summed E-state index contributed by atoms with van der Waals surface area (Å²) in [6.45, 7) is 6.04. The van der Waals surface area contributed by atoms with Gasteiger partial charge in [-0.1, -0.05) is 0 Å². The van der Waals surface area contributed by atoms with E-state index < -0.39 is 28.7 Å². The first kappa shape index (κ1) is 15.1. The Morgan fingerprint density at radius 2 is 1.85 bits per heavy atom.